The lowest BCUT2D eigenvalue weighted by Gasteiger charge is -2.28. The summed E-state index contributed by atoms with van der Waals surface area (Å²) in [5, 5.41) is 2.89. The van der Waals surface area contributed by atoms with Gasteiger partial charge in [-0.2, -0.15) is 0 Å². The van der Waals surface area contributed by atoms with E-state index in [1.807, 2.05) is 24.3 Å². The maximum absolute atomic E-state index is 12.6. The third-order valence-electron chi connectivity index (χ3n) is 5.89. The van der Waals surface area contributed by atoms with Crippen LogP contribution in [0.25, 0.3) is 0 Å². The van der Waals surface area contributed by atoms with Crippen LogP contribution in [0, 0.1) is 0 Å². The SMILES string of the molecule is CCCCCCCOc1cccc(NC(=O)OC(CN(CC)CC)CN2CCCC2)c1. The molecule has 1 fully saturated rings. The summed E-state index contributed by atoms with van der Waals surface area (Å²) < 4.78 is 11.7. The number of hydrogen-bond acceptors (Lipinski definition) is 5. The summed E-state index contributed by atoms with van der Waals surface area (Å²) in [6.45, 7) is 12.9. The van der Waals surface area contributed by atoms with Gasteiger partial charge in [-0.1, -0.05) is 52.5 Å². The summed E-state index contributed by atoms with van der Waals surface area (Å²) in [7, 11) is 0. The molecule has 1 amide bonds. The molecule has 1 N–H and O–H groups in total. The smallest absolute Gasteiger partial charge is 0.411 e. The first-order valence-corrected chi connectivity index (χ1v) is 12.3. The van der Waals surface area contributed by atoms with Gasteiger partial charge in [0, 0.05) is 24.8 Å². The molecule has 1 unspecified atom stereocenters. The van der Waals surface area contributed by atoms with Crippen LogP contribution < -0.4 is 10.1 Å². The van der Waals surface area contributed by atoms with Crippen LogP contribution >= 0.6 is 0 Å². The highest BCUT2D eigenvalue weighted by Crippen LogP contribution is 2.19. The van der Waals surface area contributed by atoms with E-state index in [0.717, 1.165) is 51.4 Å². The monoisotopic (exact) mass is 433 g/mol. The summed E-state index contributed by atoms with van der Waals surface area (Å²) in [5.41, 5.74) is 0.705. The van der Waals surface area contributed by atoms with Gasteiger partial charge in [-0.15, -0.1) is 0 Å². The maximum Gasteiger partial charge on any atom is 0.411 e. The molecule has 0 spiro atoms. The molecule has 1 aliphatic heterocycles. The second-order valence-electron chi connectivity index (χ2n) is 8.44. The Balaban J connectivity index is 1.83. The van der Waals surface area contributed by atoms with Crippen molar-refractivity contribution in [2.45, 2.75) is 71.8 Å². The van der Waals surface area contributed by atoms with Crippen LogP contribution in [-0.4, -0.2) is 67.9 Å². The number of likely N-dealkylation sites (tertiary alicyclic amines) is 1. The van der Waals surface area contributed by atoms with Crippen molar-refractivity contribution in [3.05, 3.63) is 24.3 Å². The molecule has 0 aromatic heterocycles. The zero-order chi connectivity index (χ0) is 22.3. The van der Waals surface area contributed by atoms with Crippen molar-refractivity contribution in [3.8, 4) is 5.75 Å². The van der Waals surface area contributed by atoms with Crippen molar-refractivity contribution < 1.29 is 14.3 Å². The van der Waals surface area contributed by atoms with E-state index in [1.54, 1.807) is 0 Å². The number of amides is 1. The second kappa shape index (κ2) is 15.1. The lowest BCUT2D eigenvalue weighted by atomic mass is 10.2. The second-order valence-corrected chi connectivity index (χ2v) is 8.44. The molecule has 176 valence electrons. The Kier molecular flexibility index (Phi) is 12.4. The first-order valence-electron chi connectivity index (χ1n) is 12.3. The van der Waals surface area contributed by atoms with Crippen molar-refractivity contribution in [3.63, 3.8) is 0 Å². The third kappa shape index (κ3) is 10.4. The largest absolute Gasteiger partial charge is 0.494 e. The average Bonchev–Trinajstić information content (AvgIpc) is 3.27. The summed E-state index contributed by atoms with van der Waals surface area (Å²) >= 11 is 0. The van der Waals surface area contributed by atoms with Gasteiger partial charge >= 0.3 is 6.09 Å². The molecule has 2 rings (SSSR count). The van der Waals surface area contributed by atoms with Crippen LogP contribution in [0.4, 0.5) is 10.5 Å². The Bertz CT molecular complexity index is 612. The van der Waals surface area contributed by atoms with E-state index in [9.17, 15) is 4.79 Å². The minimum absolute atomic E-state index is 0.138. The van der Waals surface area contributed by atoms with Gasteiger partial charge in [0.25, 0.3) is 0 Å². The normalized spacial score (nSPS) is 15.2. The Morgan fingerprint density at radius 3 is 2.55 bits per heavy atom. The number of unbranched alkanes of at least 4 members (excludes halogenated alkanes) is 4. The highest BCUT2D eigenvalue weighted by Gasteiger charge is 2.22. The fourth-order valence-electron chi connectivity index (χ4n) is 4.01. The Morgan fingerprint density at radius 1 is 1.10 bits per heavy atom. The lowest BCUT2D eigenvalue weighted by molar-refractivity contribution is 0.0605. The number of carbonyl (C=O) groups is 1. The van der Waals surface area contributed by atoms with Crippen LogP contribution in [0.15, 0.2) is 24.3 Å². The van der Waals surface area contributed by atoms with Gasteiger partial charge in [-0.3, -0.25) is 10.2 Å². The molecule has 1 aromatic rings. The van der Waals surface area contributed by atoms with Crippen LogP contribution in [-0.2, 0) is 4.74 Å². The fraction of sp³-hybridized carbons (Fsp3) is 0.720. The zero-order valence-corrected chi connectivity index (χ0v) is 19.9. The van der Waals surface area contributed by atoms with Crippen molar-refractivity contribution in [2.75, 3.05) is 51.2 Å². The minimum Gasteiger partial charge on any atom is -0.494 e. The molecule has 6 nitrogen and oxygen atoms in total. The number of anilines is 1. The standard InChI is InChI=1S/C25H43N3O3/c1-4-7-8-9-12-18-30-23-15-13-14-22(19-23)26-25(29)31-24(20-27(5-2)6-3)21-28-16-10-11-17-28/h13-15,19,24H,4-12,16-18,20-21H2,1-3H3,(H,26,29). The van der Waals surface area contributed by atoms with Crippen molar-refractivity contribution in [1.29, 1.82) is 0 Å². The van der Waals surface area contributed by atoms with Crippen molar-refractivity contribution >= 4 is 11.8 Å². The number of likely N-dealkylation sites (N-methyl/N-ethyl adjacent to an activating group) is 1. The number of benzene rings is 1. The lowest BCUT2D eigenvalue weighted by Crippen LogP contribution is -2.42. The Hall–Kier alpha value is -1.79. The van der Waals surface area contributed by atoms with Gasteiger partial charge in [0.05, 0.1) is 6.61 Å². The molecular formula is C25H43N3O3. The van der Waals surface area contributed by atoms with E-state index in [1.165, 1.54) is 38.5 Å². The molecule has 6 heteroatoms. The van der Waals surface area contributed by atoms with Gasteiger partial charge in [-0.05, 0) is 57.6 Å². The summed E-state index contributed by atoms with van der Waals surface area (Å²) in [5.74, 6) is 0.782. The molecule has 1 aliphatic rings. The highest BCUT2D eigenvalue weighted by molar-refractivity contribution is 5.85. The van der Waals surface area contributed by atoms with Gasteiger partial charge in [0.1, 0.15) is 11.9 Å². The Labute approximate surface area is 189 Å². The molecule has 0 saturated carbocycles. The van der Waals surface area contributed by atoms with Crippen LogP contribution in [0.5, 0.6) is 5.75 Å². The van der Waals surface area contributed by atoms with Gasteiger partial charge < -0.3 is 14.4 Å². The molecular weight excluding hydrogens is 390 g/mol. The zero-order valence-electron chi connectivity index (χ0n) is 19.9. The quantitative estimate of drug-likeness (QED) is 0.376. The molecule has 31 heavy (non-hydrogen) atoms. The van der Waals surface area contributed by atoms with Gasteiger partial charge in [-0.25, -0.2) is 4.79 Å². The number of hydrogen-bond donors (Lipinski definition) is 1. The van der Waals surface area contributed by atoms with E-state index in [0.29, 0.717) is 12.3 Å². The first-order chi connectivity index (χ1) is 15.1. The molecule has 1 aromatic carbocycles. The van der Waals surface area contributed by atoms with E-state index in [4.69, 9.17) is 9.47 Å². The molecule has 0 aliphatic carbocycles. The molecule has 1 atom stereocenters. The molecule has 0 radical (unpaired) electrons. The number of carbonyl (C=O) groups excluding carboxylic acids is 1. The van der Waals surface area contributed by atoms with E-state index in [-0.39, 0.29) is 6.10 Å². The minimum atomic E-state index is -0.395. The number of nitrogens with one attached hydrogen (secondary N) is 1. The first kappa shape index (κ1) is 25.5. The number of nitrogens with zero attached hydrogens (tertiary/aromatic N) is 2. The molecule has 1 saturated heterocycles. The highest BCUT2D eigenvalue weighted by atomic mass is 16.6. The van der Waals surface area contributed by atoms with E-state index < -0.39 is 6.09 Å². The Morgan fingerprint density at radius 2 is 1.84 bits per heavy atom. The van der Waals surface area contributed by atoms with Crippen LogP contribution in [0.3, 0.4) is 0 Å². The topological polar surface area (TPSA) is 54.0 Å². The predicted molar refractivity (Wildman–Crippen MR) is 128 cm³/mol. The van der Waals surface area contributed by atoms with E-state index >= 15 is 0 Å². The summed E-state index contributed by atoms with van der Waals surface area (Å²) in [6.07, 6.45) is 7.98. The van der Waals surface area contributed by atoms with Crippen LogP contribution in [0.1, 0.15) is 65.7 Å². The summed E-state index contributed by atoms with van der Waals surface area (Å²) in [6, 6.07) is 7.57. The predicted octanol–water partition coefficient (Wildman–Crippen LogP) is 5.39. The molecule has 1 heterocycles. The van der Waals surface area contributed by atoms with E-state index in [2.05, 4.69) is 35.9 Å². The number of ether oxygens (including phenoxy) is 2. The average molecular weight is 434 g/mol. The summed E-state index contributed by atoms with van der Waals surface area (Å²) in [4.78, 5) is 17.3. The number of rotatable bonds is 15. The van der Waals surface area contributed by atoms with Crippen molar-refractivity contribution in [1.82, 2.24) is 9.80 Å². The van der Waals surface area contributed by atoms with Gasteiger partial charge in [0.15, 0.2) is 0 Å². The van der Waals surface area contributed by atoms with Gasteiger partial charge in [0.2, 0.25) is 0 Å². The van der Waals surface area contributed by atoms with Crippen molar-refractivity contribution in [2.24, 2.45) is 0 Å². The fourth-order valence-corrected chi connectivity index (χ4v) is 4.01. The maximum atomic E-state index is 12.6. The van der Waals surface area contributed by atoms with Crippen LogP contribution in [0.2, 0.25) is 0 Å². The third-order valence-corrected chi connectivity index (χ3v) is 5.89. The molecule has 0 bridgehead atoms.